The summed E-state index contributed by atoms with van der Waals surface area (Å²) in [4.78, 5) is 0. The zero-order valence-corrected chi connectivity index (χ0v) is 9.71. The predicted molar refractivity (Wildman–Crippen MR) is 20.1 cm³/mol. The third-order valence-corrected chi connectivity index (χ3v) is 0. The monoisotopic (exact) mass is 285 g/mol. The van der Waals surface area contributed by atoms with E-state index >= 15 is 0 Å². The summed E-state index contributed by atoms with van der Waals surface area (Å²) in [5.74, 6) is 0. The van der Waals surface area contributed by atoms with Crippen LogP contribution in [0.25, 0.3) is 0 Å². The van der Waals surface area contributed by atoms with Gasteiger partial charge >= 0.3 is 42.3 Å². The topological polar surface area (TPSA) is 0 Å². The van der Waals surface area contributed by atoms with E-state index in [2.05, 4.69) is 15.5 Å². The summed E-state index contributed by atoms with van der Waals surface area (Å²) in [6.45, 7) is 0. The van der Waals surface area contributed by atoms with Crippen LogP contribution < -0.4 is 0 Å². The van der Waals surface area contributed by atoms with Crippen molar-refractivity contribution in [1.82, 2.24) is 0 Å². The van der Waals surface area contributed by atoms with Crippen molar-refractivity contribution in [3.8, 4) is 0 Å². The van der Waals surface area contributed by atoms with E-state index in [0.29, 0.717) is 0 Å². The summed E-state index contributed by atoms with van der Waals surface area (Å²) in [6.07, 6.45) is 0. The maximum atomic E-state index is 2.49. The molecule has 0 aromatic carbocycles. The van der Waals surface area contributed by atoms with E-state index < -0.39 is 0 Å². The standard InChI is InChI=1S/Be.H2Se.H2Te.Zn/h;2*1H2;/q+2;;;/p-2. The first-order chi connectivity index (χ1) is 1.41. The third kappa shape index (κ3) is 8.93. The first-order valence-electron chi connectivity index (χ1n) is 0.632. The fourth-order valence-electron chi connectivity index (χ4n) is 0. The minimum absolute atomic E-state index is 0. The SMILES string of the molecule is [SeH][Be][TeH].[Zn]. The predicted octanol–water partition coefficient (Wildman–Crippen LogP) is -1.68. The molecule has 0 heterocycles. The van der Waals surface area contributed by atoms with Crippen molar-refractivity contribution in [3.63, 3.8) is 0 Å². The summed E-state index contributed by atoms with van der Waals surface area (Å²) < 4.78 is 0. The van der Waals surface area contributed by atoms with E-state index in [1.807, 2.05) is 21.7 Å². The van der Waals surface area contributed by atoms with Gasteiger partial charge in [-0.3, -0.25) is 0 Å². The fourth-order valence-corrected chi connectivity index (χ4v) is 0. The van der Waals surface area contributed by atoms with Crippen LogP contribution >= 0.6 is 0 Å². The molecule has 0 saturated heterocycles. The van der Waals surface area contributed by atoms with E-state index in [1.54, 1.807) is 0 Å². The van der Waals surface area contributed by atoms with Crippen molar-refractivity contribution in [1.29, 1.82) is 0 Å². The maximum Gasteiger partial charge on any atom is 0 e. The Labute approximate surface area is 61.1 Å². The van der Waals surface area contributed by atoms with Crippen molar-refractivity contribution in [2.24, 2.45) is 0 Å². The Morgan fingerprint density at radius 2 is 1.75 bits per heavy atom. The normalized spacial score (nSPS) is 2.50. The van der Waals surface area contributed by atoms with Gasteiger partial charge in [0.2, 0.25) is 0 Å². The average Bonchev–Trinajstić information content (AvgIpc) is 0.918. The molecular formula is H2BeSeTeZn. The van der Waals surface area contributed by atoms with Crippen LogP contribution in [-0.2, 0) is 19.5 Å². The van der Waals surface area contributed by atoms with Gasteiger partial charge in [-0.1, -0.05) is 0 Å². The minimum Gasteiger partial charge on any atom is 0 e. The first kappa shape index (κ1) is 9.44. The molecule has 0 amide bonds. The summed E-state index contributed by atoms with van der Waals surface area (Å²) in [5.41, 5.74) is 0. The van der Waals surface area contributed by atoms with Gasteiger partial charge in [-0.15, -0.1) is 0 Å². The van der Waals surface area contributed by atoms with E-state index in [0.717, 1.165) is 0 Å². The molecule has 0 aromatic rings. The quantitative estimate of drug-likeness (QED) is 0.466. The van der Waals surface area contributed by atoms with Crippen LogP contribution in [0.5, 0.6) is 0 Å². The molecule has 0 unspecified atom stereocenters. The molecule has 0 bridgehead atoms. The molecule has 0 rings (SSSR count). The van der Waals surface area contributed by atoms with Crippen LogP contribution in [0.2, 0.25) is 0 Å². The van der Waals surface area contributed by atoms with Crippen LogP contribution in [0, 0.1) is 0 Å². The Morgan fingerprint density at radius 1 is 1.75 bits per heavy atom. The van der Waals surface area contributed by atoms with Gasteiger partial charge in [0, 0.05) is 19.5 Å². The van der Waals surface area contributed by atoms with Crippen LogP contribution in [0.3, 0.4) is 0 Å². The molecule has 18 valence electrons. The van der Waals surface area contributed by atoms with Crippen molar-refractivity contribution in [2.75, 3.05) is 0 Å². The van der Waals surface area contributed by atoms with Crippen LogP contribution in [0.1, 0.15) is 0 Å². The zero-order valence-electron chi connectivity index (χ0n) is 2.31. The Morgan fingerprint density at radius 3 is 1.75 bits per heavy atom. The molecular weight excluding hydrogens is 281 g/mol. The Kier molecular flexibility index (Phi) is 21.1. The zero-order chi connectivity index (χ0) is 2.71. The molecule has 0 nitrogen and oxygen atoms in total. The van der Waals surface area contributed by atoms with Crippen molar-refractivity contribution < 1.29 is 19.5 Å². The van der Waals surface area contributed by atoms with E-state index in [4.69, 9.17) is 0 Å². The number of hydrogen-bond acceptors (Lipinski definition) is 0. The van der Waals surface area contributed by atoms with Crippen LogP contribution in [-0.4, -0.2) is 42.3 Å². The third-order valence-electron chi connectivity index (χ3n) is 0. The fraction of sp³-hybridized carbons (Fsp3) is 0. The largest absolute Gasteiger partial charge is 0 e. The van der Waals surface area contributed by atoms with Crippen molar-refractivity contribution in [3.05, 3.63) is 0 Å². The Balaban J connectivity index is 0. The summed E-state index contributed by atoms with van der Waals surface area (Å²) in [7, 11) is 0. The molecule has 4 heavy (non-hydrogen) atoms. The molecule has 0 aliphatic heterocycles. The van der Waals surface area contributed by atoms with Gasteiger partial charge in [-0.2, -0.15) is 0 Å². The van der Waals surface area contributed by atoms with Gasteiger partial charge in [-0.05, 0) is 0 Å². The van der Waals surface area contributed by atoms with E-state index in [-0.39, 0.29) is 19.5 Å². The molecule has 0 atom stereocenters. The molecule has 0 aliphatic carbocycles. The van der Waals surface area contributed by atoms with Crippen LogP contribution in [0.15, 0.2) is 0 Å². The Bertz CT molecular complexity index is 8.00. The van der Waals surface area contributed by atoms with E-state index in [1.165, 1.54) is 5.11 Å². The van der Waals surface area contributed by atoms with Gasteiger partial charge in [-0.25, -0.2) is 0 Å². The minimum atomic E-state index is 0. The van der Waals surface area contributed by atoms with Gasteiger partial charge in [0.25, 0.3) is 0 Å². The number of rotatable bonds is 0. The maximum absolute atomic E-state index is 2.49. The van der Waals surface area contributed by atoms with Gasteiger partial charge in [0.1, 0.15) is 0 Å². The molecule has 0 spiro atoms. The second kappa shape index (κ2) is 8.92. The molecule has 0 saturated carbocycles. The van der Waals surface area contributed by atoms with Gasteiger partial charge in [0.05, 0.1) is 0 Å². The summed E-state index contributed by atoms with van der Waals surface area (Å²) in [6, 6.07) is 0. The second-order valence-electron chi connectivity index (χ2n) is 0.141. The molecule has 0 fully saturated rings. The van der Waals surface area contributed by atoms with Crippen molar-refractivity contribution >= 4 is 42.3 Å². The van der Waals surface area contributed by atoms with Gasteiger partial charge in [0.15, 0.2) is 0 Å². The smallest absolute Gasteiger partial charge is 0 e. The molecule has 0 N–H and O–H groups in total. The molecule has 4 heteroatoms. The van der Waals surface area contributed by atoms with E-state index in [9.17, 15) is 0 Å². The van der Waals surface area contributed by atoms with Crippen molar-refractivity contribution in [2.45, 2.75) is 0 Å². The van der Waals surface area contributed by atoms with Gasteiger partial charge < -0.3 is 0 Å². The second-order valence-corrected chi connectivity index (χ2v) is 4.93. The summed E-state index contributed by atoms with van der Waals surface area (Å²) >= 11 is 4.31. The molecule has 0 radical (unpaired) electrons. The number of hydrogen-bond donors (Lipinski definition) is 0. The molecule has 0 aromatic heterocycles. The molecule has 0 aliphatic rings. The summed E-state index contributed by atoms with van der Waals surface area (Å²) in [5, 5.41) is 1.24. The van der Waals surface area contributed by atoms with Crippen LogP contribution in [0.4, 0.5) is 0 Å². The Hall–Kier alpha value is 2.10. The first-order valence-corrected chi connectivity index (χ1v) is 3.76. The average molecular weight is 283 g/mol.